The molecule has 0 atom stereocenters. The summed E-state index contributed by atoms with van der Waals surface area (Å²) in [6.45, 7) is 15.0. The van der Waals surface area contributed by atoms with Crippen LogP contribution < -0.4 is 35.2 Å². The van der Waals surface area contributed by atoms with Crippen LogP contribution in [0.4, 0.5) is 5.69 Å². The summed E-state index contributed by atoms with van der Waals surface area (Å²) in [5, 5.41) is 9.31. The number of aliphatic carboxylic acids is 1. The summed E-state index contributed by atoms with van der Waals surface area (Å²) in [7, 11) is 0. The Bertz CT molecular complexity index is 1460. The maximum absolute atomic E-state index is 11.4. The van der Waals surface area contributed by atoms with Crippen molar-refractivity contribution in [2.75, 3.05) is 6.61 Å². The van der Waals surface area contributed by atoms with Crippen LogP contribution in [0.25, 0.3) is 0 Å². The van der Waals surface area contributed by atoms with Crippen molar-refractivity contribution in [3.8, 4) is 28.7 Å². The van der Waals surface area contributed by atoms with Crippen LogP contribution in [0.5, 0.6) is 28.7 Å². The number of ether oxygens (including phenoxy) is 5. The molecule has 0 spiro atoms. The summed E-state index contributed by atoms with van der Waals surface area (Å²) in [5.41, 5.74) is 15.1. The van der Waals surface area contributed by atoms with Gasteiger partial charge in [-0.25, -0.2) is 4.99 Å². The van der Waals surface area contributed by atoms with Crippen molar-refractivity contribution in [3.05, 3.63) is 70.8 Å². The van der Waals surface area contributed by atoms with E-state index in [-0.39, 0.29) is 37.8 Å². The molecule has 10 nitrogen and oxygen atoms in total. The summed E-state index contributed by atoms with van der Waals surface area (Å²) >= 11 is 0. The van der Waals surface area contributed by atoms with E-state index in [1.165, 1.54) is 0 Å². The zero-order chi connectivity index (χ0) is 33.1. The second-order valence-corrected chi connectivity index (χ2v) is 11.9. The van der Waals surface area contributed by atoms with Crippen molar-refractivity contribution in [2.24, 2.45) is 22.4 Å². The Morgan fingerprint density at radius 3 is 1.87 bits per heavy atom. The van der Waals surface area contributed by atoms with E-state index in [2.05, 4.69) is 18.8 Å². The van der Waals surface area contributed by atoms with Crippen molar-refractivity contribution >= 4 is 17.6 Å². The Labute approximate surface area is 266 Å². The molecule has 10 heteroatoms. The molecule has 3 aromatic rings. The molecular formula is C35H47N3O7. The molecule has 0 aliphatic heterocycles. The second kappa shape index (κ2) is 16.5. The Morgan fingerprint density at radius 2 is 1.33 bits per heavy atom. The fourth-order valence-electron chi connectivity index (χ4n) is 4.51. The number of nitrogens with two attached hydrogens (primary N) is 2. The van der Waals surface area contributed by atoms with E-state index in [4.69, 9.17) is 35.2 Å². The summed E-state index contributed by atoms with van der Waals surface area (Å²) < 4.78 is 30.6. The van der Waals surface area contributed by atoms with Gasteiger partial charge in [0, 0.05) is 28.8 Å². The first kappa shape index (κ1) is 34.9. The molecule has 0 aliphatic carbocycles. The number of aryl methyl sites for hydroxylation is 1. The number of hydrogen-bond donors (Lipinski definition) is 3. The monoisotopic (exact) mass is 621 g/mol. The van der Waals surface area contributed by atoms with Gasteiger partial charge in [-0.15, -0.1) is 0 Å². The number of hydrogen-bond acceptors (Lipinski definition) is 7. The predicted molar refractivity (Wildman–Crippen MR) is 176 cm³/mol. The number of rotatable bonds is 17. The molecule has 3 aromatic carbocycles. The average molecular weight is 622 g/mol. The zero-order valence-electron chi connectivity index (χ0n) is 27.4. The van der Waals surface area contributed by atoms with Crippen molar-refractivity contribution < 1.29 is 33.6 Å². The zero-order valence-corrected chi connectivity index (χ0v) is 27.4. The lowest BCUT2D eigenvalue weighted by Crippen LogP contribution is -2.22. The summed E-state index contributed by atoms with van der Waals surface area (Å²) in [6, 6.07) is 14.6. The molecule has 3 rings (SSSR count). The smallest absolute Gasteiger partial charge is 0.307 e. The molecule has 0 saturated carbocycles. The second-order valence-electron chi connectivity index (χ2n) is 11.9. The van der Waals surface area contributed by atoms with E-state index < -0.39 is 5.97 Å². The van der Waals surface area contributed by atoms with Gasteiger partial charge < -0.3 is 40.3 Å². The van der Waals surface area contributed by atoms with Crippen LogP contribution in [-0.4, -0.2) is 35.9 Å². The van der Waals surface area contributed by atoms with Crippen LogP contribution in [0.3, 0.4) is 0 Å². The Hall–Kier alpha value is -4.60. The van der Waals surface area contributed by atoms with Crippen LogP contribution in [0.15, 0.2) is 53.5 Å². The summed E-state index contributed by atoms with van der Waals surface area (Å²) in [5.74, 6) is 2.34. The van der Waals surface area contributed by atoms with E-state index in [9.17, 15) is 9.90 Å². The Balaban J connectivity index is 1.89. The van der Waals surface area contributed by atoms with Gasteiger partial charge in [-0.3, -0.25) is 4.79 Å². The number of guanidine groups is 1. The summed E-state index contributed by atoms with van der Waals surface area (Å²) in [4.78, 5) is 15.5. The van der Waals surface area contributed by atoms with Crippen LogP contribution in [0, 0.1) is 12.8 Å². The van der Waals surface area contributed by atoms with E-state index in [1.54, 1.807) is 36.4 Å². The number of nitrogens with zero attached hydrogens (tertiary/aromatic N) is 1. The van der Waals surface area contributed by atoms with Crippen molar-refractivity contribution in [1.29, 1.82) is 0 Å². The fraction of sp³-hybridized carbons (Fsp3) is 0.429. The van der Waals surface area contributed by atoms with Gasteiger partial charge in [-0.2, -0.15) is 0 Å². The number of carbonyl (C=O) groups is 1. The lowest BCUT2D eigenvalue weighted by atomic mass is 10.0. The lowest BCUT2D eigenvalue weighted by molar-refractivity contribution is -0.136. The molecule has 0 heterocycles. The number of benzene rings is 3. The summed E-state index contributed by atoms with van der Waals surface area (Å²) in [6.07, 6.45) is 0.538. The predicted octanol–water partition coefficient (Wildman–Crippen LogP) is 6.68. The third kappa shape index (κ3) is 11.4. The van der Waals surface area contributed by atoms with Gasteiger partial charge in [-0.05, 0) is 77.3 Å². The molecule has 0 aromatic heterocycles. The van der Waals surface area contributed by atoms with Gasteiger partial charge in [0.1, 0.15) is 47.6 Å². The SMILES string of the molecule is Cc1cc(COc2ccc(CC(=O)O)c(OC(C)C)c2)c(OCCC(C)C)c(COc2ccc(N=C(N)N)c(OC(C)C)c2)c1. The van der Waals surface area contributed by atoms with E-state index in [1.807, 2.05) is 46.8 Å². The van der Waals surface area contributed by atoms with Gasteiger partial charge in [0.2, 0.25) is 0 Å². The van der Waals surface area contributed by atoms with Crippen LogP contribution in [-0.2, 0) is 24.4 Å². The topological polar surface area (TPSA) is 148 Å². The van der Waals surface area contributed by atoms with E-state index >= 15 is 0 Å². The quantitative estimate of drug-likeness (QED) is 0.111. The largest absolute Gasteiger partial charge is 0.493 e. The molecule has 0 radical (unpaired) electrons. The molecule has 0 bridgehead atoms. The van der Waals surface area contributed by atoms with Crippen molar-refractivity contribution in [3.63, 3.8) is 0 Å². The molecule has 244 valence electrons. The number of carboxylic acid groups (broad SMARTS) is 1. The minimum absolute atomic E-state index is 0.0603. The fourth-order valence-corrected chi connectivity index (χ4v) is 4.51. The Morgan fingerprint density at radius 1 is 0.778 bits per heavy atom. The lowest BCUT2D eigenvalue weighted by Gasteiger charge is -2.20. The average Bonchev–Trinajstić information content (AvgIpc) is 2.93. The van der Waals surface area contributed by atoms with Gasteiger partial charge in [0.15, 0.2) is 5.96 Å². The molecule has 0 aliphatic rings. The van der Waals surface area contributed by atoms with Crippen molar-refractivity contribution in [1.82, 2.24) is 0 Å². The maximum Gasteiger partial charge on any atom is 0.307 e. The molecule has 0 fully saturated rings. The molecular weight excluding hydrogens is 574 g/mol. The van der Waals surface area contributed by atoms with E-state index in [0.717, 1.165) is 23.1 Å². The van der Waals surface area contributed by atoms with Crippen molar-refractivity contribution in [2.45, 2.75) is 86.7 Å². The van der Waals surface area contributed by atoms with Crippen LogP contribution in [0.1, 0.15) is 70.2 Å². The molecule has 5 N–H and O–H groups in total. The normalized spacial score (nSPS) is 11.1. The highest BCUT2D eigenvalue weighted by atomic mass is 16.5. The molecule has 45 heavy (non-hydrogen) atoms. The highest BCUT2D eigenvalue weighted by Gasteiger charge is 2.17. The minimum Gasteiger partial charge on any atom is -0.493 e. The standard InChI is InChI=1S/C35H47N3O7/c1-21(2)12-13-41-34-26(19-42-28-9-8-25(16-33(39)40)31(17-28)44-22(3)4)14-24(7)15-27(34)20-43-29-10-11-30(38-35(36)37)32(18-29)45-23(5)6/h8-11,14-15,17-18,21-23H,12-13,16,19-20H2,1-7H3,(H,39,40)(H4,36,37,38). The highest BCUT2D eigenvalue weighted by molar-refractivity contribution is 5.80. The molecule has 0 unspecified atom stereocenters. The third-order valence-corrected chi connectivity index (χ3v) is 6.40. The Kier molecular flexibility index (Phi) is 12.8. The van der Waals surface area contributed by atoms with Gasteiger partial charge in [0.05, 0.1) is 25.2 Å². The molecule has 0 saturated heterocycles. The molecule has 0 amide bonds. The van der Waals surface area contributed by atoms with Gasteiger partial charge in [0.25, 0.3) is 0 Å². The van der Waals surface area contributed by atoms with Gasteiger partial charge >= 0.3 is 5.97 Å². The first-order valence-corrected chi connectivity index (χ1v) is 15.2. The first-order chi connectivity index (χ1) is 21.3. The maximum atomic E-state index is 11.4. The first-order valence-electron chi connectivity index (χ1n) is 15.2. The van der Waals surface area contributed by atoms with Crippen LogP contribution in [0.2, 0.25) is 0 Å². The number of carboxylic acids is 1. The van der Waals surface area contributed by atoms with Crippen LogP contribution >= 0.6 is 0 Å². The minimum atomic E-state index is -0.927. The van der Waals surface area contributed by atoms with Gasteiger partial charge in [-0.1, -0.05) is 25.5 Å². The van der Waals surface area contributed by atoms with E-state index in [0.29, 0.717) is 52.5 Å². The third-order valence-electron chi connectivity index (χ3n) is 6.40. The highest BCUT2D eigenvalue weighted by Crippen LogP contribution is 2.35. The number of aliphatic imine (C=N–C) groups is 1.